The summed E-state index contributed by atoms with van der Waals surface area (Å²) in [6.45, 7) is 0. The molecule has 2 aromatic heterocycles. The summed E-state index contributed by atoms with van der Waals surface area (Å²) < 4.78 is 5.04. The van der Waals surface area contributed by atoms with Gasteiger partial charge in [0.05, 0.1) is 7.11 Å². The molecule has 3 nitrogen and oxygen atoms in total. The molecule has 2 rings (SSSR count). The zero-order chi connectivity index (χ0) is 10.7. The fourth-order valence-electron chi connectivity index (χ4n) is 1.16. The van der Waals surface area contributed by atoms with Gasteiger partial charge in [0.25, 0.3) is 0 Å². The fraction of sp³-hybridized carbons (Fsp3) is 0.0909. The van der Waals surface area contributed by atoms with Crippen LogP contribution in [0, 0.1) is 17.4 Å². The second kappa shape index (κ2) is 5.76. The maximum atomic E-state index is 8.85. The van der Waals surface area contributed by atoms with Gasteiger partial charge in [-0.2, -0.15) is 0 Å². The number of hydrogen-bond acceptors (Lipinski definition) is 4. The van der Waals surface area contributed by atoms with Crippen LogP contribution < -0.4 is 4.74 Å². The van der Waals surface area contributed by atoms with E-state index in [-0.39, 0.29) is 20.1 Å². The third kappa shape index (κ3) is 2.48. The van der Waals surface area contributed by atoms with E-state index in [9.17, 15) is 0 Å². The predicted molar refractivity (Wildman–Crippen MR) is 57.7 cm³/mol. The molecular formula is C11H7IrN2OS-. The van der Waals surface area contributed by atoms with E-state index in [1.165, 1.54) is 18.4 Å². The minimum absolute atomic E-state index is 0. The smallest absolute Gasteiger partial charge is 0.0744 e. The van der Waals surface area contributed by atoms with Crippen LogP contribution in [0.3, 0.4) is 0 Å². The van der Waals surface area contributed by atoms with E-state index in [2.05, 4.69) is 17.1 Å². The van der Waals surface area contributed by atoms with E-state index in [1.54, 1.807) is 6.20 Å². The number of hydrogen-bond donors (Lipinski definition) is 0. The fourth-order valence-corrected chi connectivity index (χ4v) is 2.01. The maximum absolute atomic E-state index is 8.85. The summed E-state index contributed by atoms with van der Waals surface area (Å²) in [6, 6.07) is 10.7. The van der Waals surface area contributed by atoms with Crippen molar-refractivity contribution in [2.45, 2.75) is 0 Å². The molecule has 0 amide bonds. The normalized spacial score (nSPS) is 9.00. The summed E-state index contributed by atoms with van der Waals surface area (Å²) in [5.74, 6) is 0.489. The van der Waals surface area contributed by atoms with E-state index in [0.29, 0.717) is 10.6 Å². The molecule has 0 spiro atoms. The van der Waals surface area contributed by atoms with Crippen molar-refractivity contribution in [3.8, 4) is 22.4 Å². The van der Waals surface area contributed by atoms with Crippen LogP contribution >= 0.6 is 11.3 Å². The minimum atomic E-state index is 0. The number of nitrogens with zero attached hydrogens (tertiary/aromatic N) is 2. The second-order valence-corrected chi connectivity index (χ2v) is 3.77. The first-order chi connectivity index (χ1) is 7.35. The summed E-state index contributed by atoms with van der Waals surface area (Å²) in [6.07, 6.45) is 1.71. The number of thiophene rings is 1. The van der Waals surface area contributed by atoms with E-state index in [1.807, 2.05) is 18.2 Å². The summed E-state index contributed by atoms with van der Waals surface area (Å²) in [7, 11) is 1.53. The Morgan fingerprint density at radius 3 is 2.81 bits per heavy atom. The van der Waals surface area contributed by atoms with Gasteiger partial charge in [0.15, 0.2) is 0 Å². The van der Waals surface area contributed by atoms with Crippen LogP contribution in [-0.4, -0.2) is 12.1 Å². The van der Waals surface area contributed by atoms with E-state index >= 15 is 0 Å². The van der Waals surface area contributed by atoms with E-state index in [4.69, 9.17) is 10.00 Å². The molecule has 0 aromatic carbocycles. The standard InChI is InChI=1S/C11H7N2OS.Ir/c1-14-9-6-10(15-11(9)7-12)8-4-2-3-5-13-8;/h2-5H,1H3;/q-1;. The van der Waals surface area contributed by atoms with Gasteiger partial charge in [0.1, 0.15) is 0 Å². The van der Waals surface area contributed by atoms with Crippen molar-refractivity contribution in [1.82, 2.24) is 4.98 Å². The number of aromatic nitrogens is 1. The Hall–Kier alpha value is -1.21. The molecule has 2 aromatic rings. The van der Waals surface area contributed by atoms with Gasteiger partial charge < -0.3 is 9.72 Å². The molecule has 0 saturated heterocycles. The van der Waals surface area contributed by atoms with Gasteiger partial charge in [-0.15, -0.1) is 6.07 Å². The molecule has 2 heterocycles. The molecule has 0 aliphatic heterocycles. The molecule has 0 saturated carbocycles. The Morgan fingerprint density at radius 2 is 2.31 bits per heavy atom. The molecule has 16 heavy (non-hydrogen) atoms. The Labute approximate surface area is 111 Å². The van der Waals surface area contributed by atoms with Gasteiger partial charge >= 0.3 is 0 Å². The Bertz CT molecular complexity index is 504. The van der Waals surface area contributed by atoms with Crippen molar-refractivity contribution in [2.24, 2.45) is 0 Å². The van der Waals surface area contributed by atoms with Gasteiger partial charge in [0.2, 0.25) is 0 Å². The van der Waals surface area contributed by atoms with Crippen molar-refractivity contribution in [3.05, 3.63) is 35.3 Å². The van der Waals surface area contributed by atoms with Crippen LogP contribution in [0.1, 0.15) is 4.88 Å². The molecule has 0 aliphatic carbocycles. The molecule has 1 radical (unpaired) electrons. The van der Waals surface area contributed by atoms with Crippen LogP contribution in [-0.2, 0) is 20.1 Å². The Balaban J connectivity index is 0.00000128. The Kier molecular flexibility index (Phi) is 4.63. The molecule has 0 fully saturated rings. The summed E-state index contributed by atoms with van der Waals surface area (Å²) >= 11 is 1.33. The van der Waals surface area contributed by atoms with Gasteiger partial charge in [-0.3, -0.25) is 0 Å². The molecule has 5 heteroatoms. The van der Waals surface area contributed by atoms with Gasteiger partial charge in [-0.1, -0.05) is 17.0 Å². The zero-order valence-electron chi connectivity index (χ0n) is 8.35. The third-order valence-electron chi connectivity index (χ3n) is 1.84. The zero-order valence-corrected chi connectivity index (χ0v) is 11.6. The second-order valence-electron chi connectivity index (χ2n) is 2.75. The molecular weight excluding hydrogens is 400 g/mol. The maximum Gasteiger partial charge on any atom is 0.0744 e. The van der Waals surface area contributed by atoms with Gasteiger partial charge in [-0.25, -0.2) is 16.6 Å². The molecule has 0 unspecified atom stereocenters. The van der Waals surface area contributed by atoms with Gasteiger partial charge in [0, 0.05) is 43.0 Å². The van der Waals surface area contributed by atoms with Crippen molar-refractivity contribution in [1.29, 1.82) is 5.26 Å². The topological polar surface area (TPSA) is 45.9 Å². The molecule has 0 aliphatic rings. The number of methoxy groups -OCH3 is 1. The largest absolute Gasteiger partial charge is 0.520 e. The molecule has 0 N–H and O–H groups in total. The average Bonchev–Trinajstić information content (AvgIpc) is 2.73. The van der Waals surface area contributed by atoms with E-state index in [0.717, 1.165) is 10.6 Å². The van der Waals surface area contributed by atoms with Crippen molar-refractivity contribution in [3.63, 3.8) is 0 Å². The molecule has 0 bridgehead atoms. The van der Waals surface area contributed by atoms with Crippen LogP contribution in [0.25, 0.3) is 10.6 Å². The van der Waals surface area contributed by atoms with Crippen LogP contribution in [0.5, 0.6) is 5.75 Å². The number of pyridine rings is 1. The number of rotatable bonds is 2. The molecule has 83 valence electrons. The predicted octanol–water partition coefficient (Wildman–Crippen LogP) is 2.49. The number of ether oxygens (including phenoxy) is 1. The van der Waals surface area contributed by atoms with Gasteiger partial charge in [-0.05, 0) is 11.8 Å². The van der Waals surface area contributed by atoms with Crippen molar-refractivity contribution < 1.29 is 24.8 Å². The van der Waals surface area contributed by atoms with E-state index < -0.39 is 0 Å². The summed E-state index contributed by atoms with van der Waals surface area (Å²) in [5.41, 5.74) is 0.808. The third-order valence-corrected chi connectivity index (χ3v) is 2.84. The first kappa shape index (κ1) is 12.9. The minimum Gasteiger partial charge on any atom is -0.520 e. The Morgan fingerprint density at radius 1 is 1.50 bits per heavy atom. The average molecular weight is 407 g/mol. The van der Waals surface area contributed by atoms with Crippen molar-refractivity contribution >= 4 is 11.3 Å². The first-order valence-corrected chi connectivity index (χ1v) is 5.08. The van der Waals surface area contributed by atoms with Crippen LogP contribution in [0.2, 0.25) is 0 Å². The van der Waals surface area contributed by atoms with Crippen molar-refractivity contribution in [2.75, 3.05) is 7.11 Å². The quantitative estimate of drug-likeness (QED) is 0.719. The SMILES string of the molecule is COc1[c-]c(-c2ccccn2)sc1C#N.[Ir]. The number of nitriles is 1. The summed E-state index contributed by atoms with van der Waals surface area (Å²) in [4.78, 5) is 5.54. The van der Waals surface area contributed by atoms with Crippen LogP contribution in [0.4, 0.5) is 0 Å². The molecule has 0 atom stereocenters. The monoisotopic (exact) mass is 408 g/mol. The van der Waals surface area contributed by atoms with Crippen LogP contribution in [0.15, 0.2) is 24.4 Å². The first-order valence-electron chi connectivity index (χ1n) is 4.26. The summed E-state index contributed by atoms with van der Waals surface area (Å²) in [5, 5.41) is 8.85.